The predicted octanol–water partition coefficient (Wildman–Crippen LogP) is 2.68. The van der Waals surface area contributed by atoms with Crippen LogP contribution in [0.25, 0.3) is 0 Å². The van der Waals surface area contributed by atoms with Crippen molar-refractivity contribution in [3.63, 3.8) is 0 Å². The smallest absolute Gasteiger partial charge is 0.247 e. The van der Waals surface area contributed by atoms with Crippen LogP contribution in [0.2, 0.25) is 0 Å². The number of thioether (sulfide) groups is 1. The summed E-state index contributed by atoms with van der Waals surface area (Å²) in [5, 5.41) is 19.8. The molecule has 1 saturated heterocycles. The minimum Gasteiger partial charge on any atom is -0.274 e. The number of imide groups is 1. The van der Waals surface area contributed by atoms with Crippen LogP contribution in [-0.2, 0) is 9.59 Å². The van der Waals surface area contributed by atoms with Crippen LogP contribution in [0.4, 0.5) is 11.4 Å². The number of hydrogen-bond acceptors (Lipinski definition) is 6. The highest BCUT2D eigenvalue weighted by Crippen LogP contribution is 2.30. The van der Waals surface area contributed by atoms with Crippen LogP contribution < -0.4 is 10.2 Å². The van der Waals surface area contributed by atoms with Gasteiger partial charge >= 0.3 is 0 Å². The Bertz CT molecular complexity index is 974. The van der Waals surface area contributed by atoms with Gasteiger partial charge in [0.1, 0.15) is 5.25 Å². The summed E-state index contributed by atoms with van der Waals surface area (Å²) in [6.45, 7) is 0. The summed E-state index contributed by atoms with van der Waals surface area (Å²) < 4.78 is 0. The molecule has 0 aliphatic carbocycles. The highest BCUT2D eigenvalue weighted by molar-refractivity contribution is 8.15. The molecule has 2 amide bonds. The molecule has 0 spiro atoms. The first-order chi connectivity index (χ1) is 13.1. The van der Waals surface area contributed by atoms with Gasteiger partial charge in [0.15, 0.2) is 11.4 Å². The number of aliphatic imine (C=N–C) groups is 1. The van der Waals surface area contributed by atoms with Gasteiger partial charge in [0.25, 0.3) is 0 Å². The molecular formula is C19H13N5O2S. The molecule has 0 aromatic heterocycles. The summed E-state index contributed by atoms with van der Waals surface area (Å²) in [4.78, 5) is 30.5. The van der Waals surface area contributed by atoms with Crippen LogP contribution in [0.5, 0.6) is 0 Å². The predicted molar refractivity (Wildman–Crippen MR) is 102 cm³/mol. The van der Waals surface area contributed by atoms with Crippen LogP contribution >= 0.6 is 11.8 Å². The lowest BCUT2D eigenvalue weighted by molar-refractivity contribution is -0.121. The Morgan fingerprint density at radius 1 is 1.11 bits per heavy atom. The van der Waals surface area contributed by atoms with E-state index >= 15 is 0 Å². The largest absolute Gasteiger partial charge is 0.274 e. The molecule has 132 valence electrons. The van der Waals surface area contributed by atoms with Gasteiger partial charge in [0, 0.05) is 6.42 Å². The van der Waals surface area contributed by atoms with Gasteiger partial charge in [-0.05, 0) is 36.4 Å². The molecule has 1 aliphatic heterocycles. The third-order valence-electron chi connectivity index (χ3n) is 3.76. The Morgan fingerprint density at radius 2 is 1.81 bits per heavy atom. The summed E-state index contributed by atoms with van der Waals surface area (Å²) in [6.07, 6.45) is 1.81. The van der Waals surface area contributed by atoms with Crippen molar-refractivity contribution in [2.75, 3.05) is 4.90 Å². The van der Waals surface area contributed by atoms with E-state index < -0.39 is 5.25 Å². The molecule has 2 aromatic carbocycles. The van der Waals surface area contributed by atoms with Crippen LogP contribution in [-0.4, -0.2) is 22.2 Å². The molecule has 0 bridgehead atoms. The number of rotatable bonds is 3. The van der Waals surface area contributed by atoms with Gasteiger partial charge in [-0.15, -0.1) is 0 Å². The molecule has 1 atom stereocenters. The van der Waals surface area contributed by atoms with Crippen molar-refractivity contribution in [1.29, 1.82) is 10.5 Å². The molecular weight excluding hydrogens is 362 g/mol. The van der Waals surface area contributed by atoms with Gasteiger partial charge in [-0.25, -0.2) is 9.89 Å². The number of anilines is 1. The molecule has 8 heteroatoms. The number of amides is 2. The van der Waals surface area contributed by atoms with Gasteiger partial charge < -0.3 is 0 Å². The number of carbonyl (C=O) groups excluding carboxylic acids is 2. The molecule has 7 nitrogen and oxygen atoms in total. The van der Waals surface area contributed by atoms with Gasteiger partial charge in [-0.3, -0.25) is 14.9 Å². The molecule has 1 heterocycles. The summed E-state index contributed by atoms with van der Waals surface area (Å²) in [5.41, 5.74) is 1.49. The minimum absolute atomic E-state index is 0.00438. The Kier molecular flexibility index (Phi) is 5.50. The average Bonchev–Trinajstić information content (AvgIpc) is 2.96. The van der Waals surface area contributed by atoms with Gasteiger partial charge in [-0.1, -0.05) is 30.0 Å². The fourth-order valence-electron chi connectivity index (χ4n) is 2.54. The lowest BCUT2D eigenvalue weighted by atomic mass is 10.2. The van der Waals surface area contributed by atoms with E-state index in [1.54, 1.807) is 42.6 Å². The number of nitrogens with zero attached hydrogens (tertiary/aromatic N) is 4. The molecule has 1 N–H and O–H groups in total. The number of benzene rings is 2. The summed E-state index contributed by atoms with van der Waals surface area (Å²) >= 11 is 1.04. The molecule has 3 rings (SSSR count). The maximum absolute atomic E-state index is 12.7. The van der Waals surface area contributed by atoms with Crippen molar-refractivity contribution in [3.8, 4) is 12.3 Å². The van der Waals surface area contributed by atoms with Crippen LogP contribution in [0.3, 0.4) is 0 Å². The van der Waals surface area contributed by atoms with Crippen molar-refractivity contribution >= 4 is 40.1 Å². The fourth-order valence-corrected chi connectivity index (χ4v) is 3.50. The maximum Gasteiger partial charge on any atom is 0.247 e. The summed E-state index contributed by atoms with van der Waals surface area (Å²) in [7, 11) is 0. The Morgan fingerprint density at radius 3 is 2.44 bits per heavy atom. The van der Waals surface area contributed by atoms with E-state index in [4.69, 9.17) is 10.5 Å². The van der Waals surface area contributed by atoms with Gasteiger partial charge in [0.05, 0.1) is 23.0 Å². The van der Waals surface area contributed by atoms with E-state index in [0.717, 1.165) is 16.7 Å². The summed E-state index contributed by atoms with van der Waals surface area (Å²) in [5.74, 6) is -0.714. The summed E-state index contributed by atoms with van der Waals surface area (Å²) in [6, 6.07) is 17.2. The molecule has 1 unspecified atom stereocenters. The molecule has 1 aliphatic rings. The Hall–Kier alpha value is -3.62. The first-order valence-electron chi connectivity index (χ1n) is 7.95. The third kappa shape index (κ3) is 4.14. The third-order valence-corrected chi connectivity index (χ3v) is 4.83. The van der Waals surface area contributed by atoms with E-state index in [0.29, 0.717) is 16.9 Å². The quantitative estimate of drug-likeness (QED) is 0.290. The number of nitrogens with one attached hydrogen (secondary N) is 1. The van der Waals surface area contributed by atoms with Crippen LogP contribution in [0.15, 0.2) is 59.6 Å². The monoisotopic (exact) mass is 375 g/mol. The second kappa shape index (κ2) is 8.17. The highest BCUT2D eigenvalue weighted by atomic mass is 32.2. The van der Waals surface area contributed by atoms with E-state index in [1.807, 2.05) is 24.3 Å². The first kappa shape index (κ1) is 18.2. The highest BCUT2D eigenvalue weighted by Gasteiger charge is 2.40. The van der Waals surface area contributed by atoms with Crippen molar-refractivity contribution in [2.45, 2.75) is 11.7 Å². The lowest BCUT2D eigenvalue weighted by Crippen LogP contribution is -2.32. The normalized spacial score (nSPS) is 16.7. The zero-order valence-corrected chi connectivity index (χ0v) is 14.8. The molecule has 1 fully saturated rings. The molecule has 27 heavy (non-hydrogen) atoms. The number of nitriles is 2. The number of carbonyl (C=O) groups is 2. The van der Waals surface area contributed by atoms with Crippen molar-refractivity contribution in [3.05, 3.63) is 60.2 Å². The fraction of sp³-hybridized carbons (Fsp3) is 0.105. The molecule has 0 radical (unpaired) electrons. The second-order valence-electron chi connectivity index (χ2n) is 5.53. The topological polar surface area (TPSA) is 109 Å². The van der Waals surface area contributed by atoms with Crippen LogP contribution in [0, 0.1) is 22.8 Å². The van der Waals surface area contributed by atoms with E-state index in [-0.39, 0.29) is 23.4 Å². The van der Waals surface area contributed by atoms with E-state index in [1.165, 1.54) is 0 Å². The minimum atomic E-state index is -0.684. The number of hydrogen-bond donors (Lipinski definition) is 1. The van der Waals surface area contributed by atoms with Gasteiger partial charge in [-0.2, -0.15) is 10.5 Å². The van der Waals surface area contributed by atoms with E-state index in [2.05, 4.69) is 10.3 Å². The zero-order valence-electron chi connectivity index (χ0n) is 14.0. The number of para-hydroxylation sites is 1. The lowest BCUT2D eigenvalue weighted by Gasteiger charge is -2.15. The Labute approximate surface area is 159 Å². The van der Waals surface area contributed by atoms with Crippen molar-refractivity contribution in [1.82, 2.24) is 5.32 Å². The second-order valence-corrected chi connectivity index (χ2v) is 6.72. The van der Waals surface area contributed by atoms with Crippen LogP contribution in [0.1, 0.15) is 12.0 Å². The molecule has 2 aromatic rings. The maximum atomic E-state index is 12.7. The van der Waals surface area contributed by atoms with Crippen molar-refractivity contribution in [2.24, 2.45) is 4.99 Å². The van der Waals surface area contributed by atoms with Gasteiger partial charge in [0.2, 0.25) is 11.8 Å². The average molecular weight is 375 g/mol. The standard InChI is InChI=1S/C19H13N5O2S/c20-11-13-6-8-15(9-7-13)24-17(25)10-16(18(24)26)27-19(22-12-21)23-14-4-2-1-3-5-14/h1-9,16H,10H2,(H,22,23). The SMILES string of the molecule is N#CNC(=Nc1ccccc1)SC1CC(=O)N(c2ccc(C#N)cc2)C1=O. The molecule has 0 saturated carbocycles. The number of amidine groups is 1. The van der Waals surface area contributed by atoms with E-state index in [9.17, 15) is 9.59 Å². The zero-order chi connectivity index (χ0) is 19.2. The van der Waals surface area contributed by atoms with Crippen molar-refractivity contribution < 1.29 is 9.59 Å². The first-order valence-corrected chi connectivity index (χ1v) is 8.83. The Balaban J connectivity index is 1.80.